The van der Waals surface area contributed by atoms with Crippen molar-refractivity contribution < 1.29 is 18.7 Å². The zero-order valence-electron chi connectivity index (χ0n) is 20.1. The van der Waals surface area contributed by atoms with Crippen LogP contribution in [0.2, 0.25) is 0 Å². The van der Waals surface area contributed by atoms with Crippen LogP contribution < -0.4 is 10.9 Å². The third-order valence-electron chi connectivity index (χ3n) is 5.25. The van der Waals surface area contributed by atoms with Gasteiger partial charge < -0.3 is 10.1 Å². The van der Waals surface area contributed by atoms with Crippen molar-refractivity contribution >= 4 is 22.8 Å². The lowest BCUT2D eigenvalue weighted by atomic mass is 10.1. The van der Waals surface area contributed by atoms with E-state index < -0.39 is 17.5 Å². The normalized spacial score (nSPS) is 11.3. The Morgan fingerprint density at radius 3 is 2.33 bits per heavy atom. The predicted octanol–water partition coefficient (Wildman–Crippen LogP) is 3.86. The molecule has 2 aromatic heterocycles. The van der Waals surface area contributed by atoms with Gasteiger partial charge in [-0.25, -0.2) is 19.2 Å². The van der Waals surface area contributed by atoms with E-state index in [1.807, 2.05) is 0 Å². The van der Waals surface area contributed by atoms with Gasteiger partial charge in [-0.1, -0.05) is 24.3 Å². The molecule has 184 valence electrons. The first-order chi connectivity index (χ1) is 17.1. The Morgan fingerprint density at radius 1 is 1.00 bits per heavy atom. The van der Waals surface area contributed by atoms with Crippen molar-refractivity contribution in [1.82, 2.24) is 19.9 Å². The highest BCUT2D eigenvalue weighted by Gasteiger charge is 2.18. The molecule has 0 aliphatic rings. The van der Waals surface area contributed by atoms with E-state index in [1.165, 1.54) is 35.3 Å². The Hall–Kier alpha value is -4.40. The van der Waals surface area contributed by atoms with Gasteiger partial charge in [0.05, 0.1) is 35.5 Å². The van der Waals surface area contributed by atoms with E-state index >= 15 is 0 Å². The predicted molar refractivity (Wildman–Crippen MR) is 132 cm³/mol. The molecule has 0 aliphatic carbocycles. The average Bonchev–Trinajstić information content (AvgIpc) is 2.84. The monoisotopic (exact) mass is 488 g/mol. The van der Waals surface area contributed by atoms with Crippen LogP contribution in [-0.2, 0) is 17.8 Å². The molecule has 4 rings (SSSR count). The number of ether oxygens (including phenoxy) is 1. The number of pyridine rings is 1. The molecule has 2 aromatic carbocycles. The number of carbonyl (C=O) groups excluding carboxylic acids is 2. The van der Waals surface area contributed by atoms with Gasteiger partial charge >= 0.3 is 5.97 Å². The van der Waals surface area contributed by atoms with Gasteiger partial charge in [-0.2, -0.15) is 0 Å². The third kappa shape index (κ3) is 5.99. The average molecular weight is 489 g/mol. The van der Waals surface area contributed by atoms with Gasteiger partial charge in [0.2, 0.25) is 0 Å². The number of aromatic nitrogens is 3. The van der Waals surface area contributed by atoms with Crippen LogP contribution in [0.25, 0.3) is 10.9 Å². The van der Waals surface area contributed by atoms with Crippen LogP contribution in [0.1, 0.15) is 52.7 Å². The summed E-state index contributed by atoms with van der Waals surface area (Å²) in [5.74, 6) is -1.24. The van der Waals surface area contributed by atoms with Crippen LogP contribution in [0.4, 0.5) is 4.39 Å². The zero-order valence-corrected chi connectivity index (χ0v) is 20.1. The maximum Gasteiger partial charge on any atom is 0.338 e. The standard InChI is InChI=1S/C27H25FN4O4/c1-27(2,3)36-26(35)19-8-4-18(5-9-19)15-32-16-31-23-14-29-22(12-21(23)25(32)34)24(33)30-13-17-6-10-20(28)11-7-17/h4-12,14,16H,13,15H2,1-3H3,(H,30,33). The molecule has 8 nitrogen and oxygen atoms in total. The van der Waals surface area contributed by atoms with Crippen molar-refractivity contribution in [3.8, 4) is 0 Å². The summed E-state index contributed by atoms with van der Waals surface area (Å²) < 4.78 is 19.8. The minimum Gasteiger partial charge on any atom is -0.456 e. The SMILES string of the molecule is CC(C)(C)OC(=O)c1ccc(Cn2cnc3cnc(C(=O)NCc4ccc(F)cc4)cc3c2=O)cc1. The van der Waals surface area contributed by atoms with E-state index in [0.29, 0.717) is 11.1 Å². The van der Waals surface area contributed by atoms with Crippen LogP contribution in [0.15, 0.2) is 71.9 Å². The summed E-state index contributed by atoms with van der Waals surface area (Å²) in [6.07, 6.45) is 2.80. The molecule has 4 aromatic rings. The molecule has 0 atom stereocenters. The summed E-state index contributed by atoms with van der Waals surface area (Å²) in [5.41, 5.74) is 1.45. The van der Waals surface area contributed by atoms with Crippen LogP contribution in [0, 0.1) is 5.82 Å². The quantitative estimate of drug-likeness (QED) is 0.414. The number of hydrogen-bond acceptors (Lipinski definition) is 6. The molecular weight excluding hydrogens is 463 g/mol. The lowest BCUT2D eigenvalue weighted by molar-refractivity contribution is 0.00694. The van der Waals surface area contributed by atoms with Crippen molar-refractivity contribution in [2.75, 3.05) is 0 Å². The zero-order chi connectivity index (χ0) is 25.9. The Kier molecular flexibility index (Phi) is 6.91. The van der Waals surface area contributed by atoms with E-state index in [-0.39, 0.29) is 35.5 Å². The maximum absolute atomic E-state index is 13.1. The first kappa shape index (κ1) is 24.7. The van der Waals surface area contributed by atoms with Gasteiger partial charge in [-0.15, -0.1) is 0 Å². The number of nitrogens with one attached hydrogen (secondary N) is 1. The van der Waals surface area contributed by atoms with Gasteiger partial charge in [-0.05, 0) is 62.2 Å². The fourth-order valence-electron chi connectivity index (χ4n) is 3.45. The summed E-state index contributed by atoms with van der Waals surface area (Å²) in [7, 11) is 0. The van der Waals surface area contributed by atoms with Crippen LogP contribution in [0.5, 0.6) is 0 Å². The van der Waals surface area contributed by atoms with E-state index in [0.717, 1.165) is 11.1 Å². The fourth-order valence-corrected chi connectivity index (χ4v) is 3.45. The second-order valence-electron chi connectivity index (χ2n) is 9.27. The smallest absolute Gasteiger partial charge is 0.338 e. The molecule has 0 spiro atoms. The Bertz CT molecular complexity index is 1470. The van der Waals surface area contributed by atoms with Crippen molar-refractivity contribution in [1.29, 1.82) is 0 Å². The van der Waals surface area contributed by atoms with Crippen LogP contribution in [0.3, 0.4) is 0 Å². The molecule has 0 fully saturated rings. The molecule has 2 heterocycles. The molecular formula is C27H25FN4O4. The summed E-state index contributed by atoms with van der Waals surface area (Å²) in [4.78, 5) is 46.3. The Balaban J connectivity index is 1.50. The molecule has 0 bridgehead atoms. The van der Waals surface area contributed by atoms with E-state index in [2.05, 4.69) is 15.3 Å². The second kappa shape index (κ2) is 10.1. The number of amides is 1. The van der Waals surface area contributed by atoms with Gasteiger partial charge in [0.15, 0.2) is 0 Å². The lowest BCUT2D eigenvalue weighted by Crippen LogP contribution is -2.25. The number of benzene rings is 2. The molecule has 9 heteroatoms. The molecule has 0 radical (unpaired) electrons. The number of rotatable bonds is 6. The van der Waals surface area contributed by atoms with Crippen molar-refractivity contribution in [2.24, 2.45) is 0 Å². The first-order valence-corrected chi connectivity index (χ1v) is 11.3. The molecule has 0 saturated heterocycles. The van der Waals surface area contributed by atoms with Crippen LogP contribution >= 0.6 is 0 Å². The number of hydrogen-bond donors (Lipinski definition) is 1. The number of carbonyl (C=O) groups is 2. The summed E-state index contributed by atoms with van der Waals surface area (Å²) >= 11 is 0. The highest BCUT2D eigenvalue weighted by atomic mass is 19.1. The minimum atomic E-state index is -0.592. The topological polar surface area (TPSA) is 103 Å². The van der Waals surface area contributed by atoms with Gasteiger partial charge in [0.1, 0.15) is 17.1 Å². The lowest BCUT2D eigenvalue weighted by Gasteiger charge is -2.19. The number of halogens is 1. The van der Waals surface area contributed by atoms with Crippen molar-refractivity contribution in [3.05, 3.63) is 106 Å². The molecule has 0 saturated carbocycles. The summed E-state index contributed by atoms with van der Waals surface area (Å²) in [6.45, 7) is 5.82. The highest BCUT2D eigenvalue weighted by molar-refractivity contribution is 5.95. The molecule has 1 N–H and O–H groups in total. The van der Waals surface area contributed by atoms with E-state index in [1.54, 1.807) is 57.2 Å². The van der Waals surface area contributed by atoms with E-state index in [9.17, 15) is 18.8 Å². The molecule has 0 unspecified atom stereocenters. The first-order valence-electron chi connectivity index (χ1n) is 11.3. The number of fused-ring (bicyclic) bond motifs is 1. The van der Waals surface area contributed by atoms with Crippen molar-refractivity contribution in [3.63, 3.8) is 0 Å². The van der Waals surface area contributed by atoms with Crippen LogP contribution in [-0.4, -0.2) is 32.0 Å². The molecule has 0 aliphatic heterocycles. The third-order valence-corrected chi connectivity index (χ3v) is 5.25. The number of esters is 1. The maximum atomic E-state index is 13.1. The van der Waals surface area contributed by atoms with Gasteiger partial charge in [0.25, 0.3) is 11.5 Å². The number of nitrogens with zero attached hydrogens (tertiary/aromatic N) is 3. The molecule has 36 heavy (non-hydrogen) atoms. The highest BCUT2D eigenvalue weighted by Crippen LogP contribution is 2.14. The van der Waals surface area contributed by atoms with Crippen molar-refractivity contribution in [2.45, 2.75) is 39.5 Å². The summed E-state index contributed by atoms with van der Waals surface area (Å²) in [6, 6.07) is 14.0. The largest absolute Gasteiger partial charge is 0.456 e. The van der Waals surface area contributed by atoms with E-state index in [4.69, 9.17) is 4.74 Å². The van der Waals surface area contributed by atoms with Gasteiger partial charge in [-0.3, -0.25) is 14.2 Å². The van der Waals surface area contributed by atoms with Gasteiger partial charge in [0, 0.05) is 6.54 Å². The summed E-state index contributed by atoms with van der Waals surface area (Å²) in [5, 5.41) is 2.97. The Labute approximate surface area is 206 Å². The fraction of sp³-hybridized carbons (Fsp3) is 0.222. The Morgan fingerprint density at radius 2 is 1.67 bits per heavy atom. The molecule has 1 amide bonds. The minimum absolute atomic E-state index is 0.0722. The second-order valence-corrected chi connectivity index (χ2v) is 9.27.